The average molecular weight is 130 g/mol. The molecule has 0 spiro atoms. The first-order valence-electron chi connectivity index (χ1n) is 2.56. The van der Waals surface area contributed by atoms with Gasteiger partial charge in [0.05, 0.1) is 5.92 Å². The van der Waals surface area contributed by atoms with Gasteiger partial charge in [0.2, 0.25) is 0 Å². The molecule has 0 aromatic carbocycles. The maximum atomic E-state index is 10.4. The van der Waals surface area contributed by atoms with E-state index in [1.165, 1.54) is 6.92 Å². The van der Waals surface area contributed by atoms with Crippen LogP contribution in [0.5, 0.6) is 0 Å². The molecular weight excluding hydrogens is 124 g/mol. The Kier molecular flexibility index (Phi) is 1.25. The van der Waals surface area contributed by atoms with Crippen LogP contribution in [0.4, 0.5) is 0 Å². The van der Waals surface area contributed by atoms with Crippen molar-refractivity contribution in [2.75, 3.05) is 0 Å². The first-order valence-corrected chi connectivity index (χ1v) is 2.56. The lowest BCUT2D eigenvalue weighted by atomic mass is 10.1. The Morgan fingerprint density at radius 3 is 2.11 bits per heavy atom. The fraction of sp³-hybridized carbons (Fsp3) is 0.600. The third kappa shape index (κ3) is 0.810. The molecule has 0 amide bonds. The number of carbonyl (C=O) groups is 2. The topological polar surface area (TPSA) is 63.6 Å². The maximum Gasteiger partial charge on any atom is 0.343 e. The number of esters is 2. The molecule has 1 saturated heterocycles. The highest BCUT2D eigenvalue weighted by Gasteiger charge is 2.39. The maximum absolute atomic E-state index is 10.4. The molecule has 0 aromatic heterocycles. The van der Waals surface area contributed by atoms with Crippen LogP contribution in [0.3, 0.4) is 0 Å². The van der Waals surface area contributed by atoms with Gasteiger partial charge in [-0.1, -0.05) is 0 Å². The normalized spacial score (nSPS) is 34.9. The summed E-state index contributed by atoms with van der Waals surface area (Å²) in [6, 6.07) is 0. The minimum absolute atomic E-state index is 0.646. The minimum atomic E-state index is -1.25. The number of cyclic esters (lactones) is 2. The zero-order valence-electron chi connectivity index (χ0n) is 4.83. The molecule has 1 heterocycles. The van der Waals surface area contributed by atoms with Crippen LogP contribution in [0, 0.1) is 5.92 Å². The van der Waals surface area contributed by atoms with Crippen molar-refractivity contribution in [3.05, 3.63) is 0 Å². The fourth-order valence-corrected chi connectivity index (χ4v) is 0.585. The van der Waals surface area contributed by atoms with E-state index < -0.39 is 24.0 Å². The van der Waals surface area contributed by atoms with E-state index in [0.717, 1.165) is 0 Å². The standard InChI is InChI=1S/C5H6O4/c1-2-3(6)5(8)9-4(2)7/h2-3,6H,1H3. The van der Waals surface area contributed by atoms with Gasteiger partial charge in [-0.05, 0) is 6.92 Å². The molecule has 1 aliphatic rings. The second-order valence-corrected chi connectivity index (χ2v) is 1.97. The Morgan fingerprint density at radius 1 is 1.44 bits per heavy atom. The summed E-state index contributed by atoms with van der Waals surface area (Å²) in [5.74, 6) is -2.18. The van der Waals surface area contributed by atoms with Gasteiger partial charge in [0.15, 0.2) is 6.10 Å². The Morgan fingerprint density at radius 2 is 2.00 bits per heavy atom. The number of aliphatic hydroxyl groups excluding tert-OH is 1. The van der Waals surface area contributed by atoms with E-state index in [1.807, 2.05) is 0 Å². The molecule has 1 rings (SSSR count). The lowest BCUT2D eigenvalue weighted by Crippen LogP contribution is -2.19. The summed E-state index contributed by atoms with van der Waals surface area (Å²) in [6.07, 6.45) is -1.25. The van der Waals surface area contributed by atoms with Crippen LogP contribution in [-0.2, 0) is 14.3 Å². The van der Waals surface area contributed by atoms with Crippen molar-refractivity contribution >= 4 is 11.9 Å². The lowest BCUT2D eigenvalue weighted by molar-refractivity contribution is -0.154. The van der Waals surface area contributed by atoms with E-state index in [9.17, 15) is 9.59 Å². The van der Waals surface area contributed by atoms with E-state index in [-0.39, 0.29) is 0 Å². The van der Waals surface area contributed by atoms with Gasteiger partial charge >= 0.3 is 11.9 Å². The predicted molar refractivity (Wildman–Crippen MR) is 26.3 cm³/mol. The highest BCUT2D eigenvalue weighted by Crippen LogP contribution is 2.14. The first-order chi connectivity index (χ1) is 4.13. The summed E-state index contributed by atoms with van der Waals surface area (Å²) in [6.45, 7) is 1.44. The smallest absolute Gasteiger partial charge is 0.343 e. The molecule has 0 saturated carbocycles. The quantitative estimate of drug-likeness (QED) is 0.340. The Balaban J connectivity index is 2.77. The molecule has 0 radical (unpaired) electrons. The molecule has 0 bridgehead atoms. The molecule has 0 aliphatic carbocycles. The van der Waals surface area contributed by atoms with Gasteiger partial charge in [0.1, 0.15) is 0 Å². The van der Waals surface area contributed by atoms with Crippen molar-refractivity contribution in [3.63, 3.8) is 0 Å². The third-order valence-electron chi connectivity index (χ3n) is 1.29. The molecule has 4 heteroatoms. The number of carbonyl (C=O) groups excluding carboxylic acids is 2. The molecule has 1 fully saturated rings. The third-order valence-corrected chi connectivity index (χ3v) is 1.29. The van der Waals surface area contributed by atoms with Crippen LogP contribution < -0.4 is 0 Å². The molecule has 2 unspecified atom stereocenters. The van der Waals surface area contributed by atoms with Gasteiger partial charge in [-0.3, -0.25) is 4.79 Å². The van der Waals surface area contributed by atoms with Crippen molar-refractivity contribution in [1.29, 1.82) is 0 Å². The second-order valence-electron chi connectivity index (χ2n) is 1.97. The van der Waals surface area contributed by atoms with Crippen molar-refractivity contribution in [2.45, 2.75) is 13.0 Å². The van der Waals surface area contributed by atoms with Crippen molar-refractivity contribution in [2.24, 2.45) is 5.92 Å². The number of rotatable bonds is 0. The molecule has 9 heavy (non-hydrogen) atoms. The Hall–Kier alpha value is -0.900. The van der Waals surface area contributed by atoms with E-state index in [0.29, 0.717) is 0 Å². The summed E-state index contributed by atoms with van der Waals surface area (Å²) in [5.41, 5.74) is 0. The molecule has 1 aliphatic heterocycles. The Bertz CT molecular complexity index is 144. The number of aliphatic hydroxyl groups is 1. The number of ether oxygens (including phenoxy) is 1. The van der Waals surface area contributed by atoms with Gasteiger partial charge in [0, 0.05) is 0 Å². The van der Waals surface area contributed by atoms with Crippen LogP contribution >= 0.6 is 0 Å². The van der Waals surface area contributed by atoms with E-state index in [4.69, 9.17) is 5.11 Å². The second kappa shape index (κ2) is 1.80. The SMILES string of the molecule is CC1C(=O)OC(=O)C1O. The summed E-state index contributed by atoms with van der Waals surface area (Å²) in [4.78, 5) is 20.7. The highest BCUT2D eigenvalue weighted by molar-refractivity contribution is 5.97. The zero-order valence-corrected chi connectivity index (χ0v) is 4.83. The summed E-state index contributed by atoms with van der Waals surface area (Å²) < 4.78 is 4.06. The van der Waals surface area contributed by atoms with Gasteiger partial charge in [-0.2, -0.15) is 0 Å². The predicted octanol–water partition coefficient (Wildman–Crippen LogP) is -0.933. The van der Waals surface area contributed by atoms with E-state index in [2.05, 4.69) is 4.74 Å². The number of hydrogen-bond acceptors (Lipinski definition) is 4. The van der Waals surface area contributed by atoms with Gasteiger partial charge < -0.3 is 9.84 Å². The van der Waals surface area contributed by atoms with Crippen LogP contribution in [0.15, 0.2) is 0 Å². The molecule has 50 valence electrons. The highest BCUT2D eigenvalue weighted by atomic mass is 16.6. The molecular formula is C5H6O4. The first kappa shape index (κ1) is 6.22. The van der Waals surface area contributed by atoms with Crippen LogP contribution in [0.25, 0.3) is 0 Å². The van der Waals surface area contributed by atoms with Crippen LogP contribution in [0.1, 0.15) is 6.92 Å². The van der Waals surface area contributed by atoms with Crippen molar-refractivity contribution < 1.29 is 19.4 Å². The van der Waals surface area contributed by atoms with Crippen molar-refractivity contribution in [3.8, 4) is 0 Å². The fourth-order valence-electron chi connectivity index (χ4n) is 0.585. The summed E-state index contributed by atoms with van der Waals surface area (Å²) in [5, 5.41) is 8.74. The van der Waals surface area contributed by atoms with Gasteiger partial charge in [0.25, 0.3) is 0 Å². The lowest BCUT2D eigenvalue weighted by Gasteiger charge is -1.95. The van der Waals surface area contributed by atoms with Crippen LogP contribution in [-0.4, -0.2) is 23.1 Å². The van der Waals surface area contributed by atoms with Gasteiger partial charge in [-0.25, -0.2) is 4.79 Å². The van der Waals surface area contributed by atoms with E-state index >= 15 is 0 Å². The van der Waals surface area contributed by atoms with Crippen LogP contribution in [0.2, 0.25) is 0 Å². The summed E-state index contributed by atoms with van der Waals surface area (Å²) in [7, 11) is 0. The molecule has 1 N–H and O–H groups in total. The number of hydrogen-bond donors (Lipinski definition) is 1. The average Bonchev–Trinajstić information content (AvgIpc) is 1.98. The Labute approximate surface area is 51.4 Å². The molecule has 2 atom stereocenters. The summed E-state index contributed by atoms with van der Waals surface area (Å²) >= 11 is 0. The molecule has 0 aromatic rings. The van der Waals surface area contributed by atoms with E-state index in [1.54, 1.807) is 0 Å². The zero-order chi connectivity index (χ0) is 7.02. The monoisotopic (exact) mass is 130 g/mol. The minimum Gasteiger partial charge on any atom is -0.391 e. The van der Waals surface area contributed by atoms with Crippen molar-refractivity contribution in [1.82, 2.24) is 0 Å². The largest absolute Gasteiger partial charge is 0.391 e. The van der Waals surface area contributed by atoms with Gasteiger partial charge in [-0.15, -0.1) is 0 Å². The molecule has 4 nitrogen and oxygen atoms in total.